The van der Waals surface area contributed by atoms with Crippen LogP contribution in [0, 0.1) is 0 Å². The van der Waals surface area contributed by atoms with Crippen LogP contribution in [0.25, 0.3) is 10.2 Å². The lowest BCUT2D eigenvalue weighted by Crippen LogP contribution is -2.19. The van der Waals surface area contributed by atoms with Gasteiger partial charge in [-0.3, -0.25) is 4.79 Å². The van der Waals surface area contributed by atoms with Crippen molar-refractivity contribution in [3.8, 4) is 5.75 Å². The van der Waals surface area contributed by atoms with E-state index in [2.05, 4.69) is 4.99 Å². The molecule has 0 radical (unpaired) electrons. The van der Waals surface area contributed by atoms with Gasteiger partial charge in [0.25, 0.3) is 5.91 Å². The van der Waals surface area contributed by atoms with Crippen molar-refractivity contribution in [2.75, 3.05) is 25.6 Å². The van der Waals surface area contributed by atoms with E-state index in [1.807, 2.05) is 36.6 Å². The van der Waals surface area contributed by atoms with Gasteiger partial charge >= 0.3 is 0 Å². The van der Waals surface area contributed by atoms with Crippen molar-refractivity contribution in [3.63, 3.8) is 0 Å². The van der Waals surface area contributed by atoms with Crippen molar-refractivity contribution in [1.29, 1.82) is 0 Å². The van der Waals surface area contributed by atoms with Gasteiger partial charge in [0, 0.05) is 18.7 Å². The molecule has 0 N–H and O–H groups in total. The summed E-state index contributed by atoms with van der Waals surface area (Å²) >= 11 is 1.38. The van der Waals surface area contributed by atoms with E-state index < -0.39 is 15.7 Å². The lowest BCUT2D eigenvalue weighted by Gasteiger charge is -2.07. The number of fused-ring (bicyclic) bond motifs is 1. The van der Waals surface area contributed by atoms with Crippen molar-refractivity contribution in [2.24, 2.45) is 4.99 Å². The van der Waals surface area contributed by atoms with Gasteiger partial charge in [-0.1, -0.05) is 24.3 Å². The molecule has 3 rings (SSSR count). The Morgan fingerprint density at radius 3 is 2.61 bits per heavy atom. The molecule has 0 aliphatic carbocycles. The van der Waals surface area contributed by atoms with E-state index in [1.165, 1.54) is 23.5 Å². The van der Waals surface area contributed by atoms with Crippen LogP contribution in [0.3, 0.4) is 0 Å². The standard InChI is InChI=1S/C22H26N2O5S2/c1-4-28-13-12-24-19-11-10-17(29-5-2)15-20(19)30-22(24)23-21(25)16-8-7-9-18(14-16)31(26,27)6-3/h7-11,14-15H,4-6,12-13H2,1-3H3. The lowest BCUT2D eigenvalue weighted by atomic mass is 10.2. The van der Waals surface area contributed by atoms with Crippen molar-refractivity contribution in [3.05, 3.63) is 52.8 Å². The molecule has 0 saturated carbocycles. The lowest BCUT2D eigenvalue weighted by molar-refractivity contribution is 0.0996. The minimum Gasteiger partial charge on any atom is -0.494 e. The summed E-state index contributed by atoms with van der Waals surface area (Å²) in [5.41, 5.74) is 1.17. The summed E-state index contributed by atoms with van der Waals surface area (Å²) in [6, 6.07) is 11.8. The number of nitrogens with zero attached hydrogens (tertiary/aromatic N) is 2. The van der Waals surface area contributed by atoms with Crippen LogP contribution in [0.15, 0.2) is 52.4 Å². The number of rotatable bonds is 9. The topological polar surface area (TPSA) is 87.0 Å². The normalized spacial score (nSPS) is 12.4. The zero-order chi connectivity index (χ0) is 22.4. The zero-order valence-corrected chi connectivity index (χ0v) is 19.5. The molecule has 2 aromatic carbocycles. The second-order valence-corrected chi connectivity index (χ2v) is 9.93. The molecule has 31 heavy (non-hydrogen) atoms. The molecule has 0 atom stereocenters. The quantitative estimate of drug-likeness (QED) is 0.453. The molecule has 166 valence electrons. The van der Waals surface area contributed by atoms with E-state index in [-0.39, 0.29) is 16.2 Å². The molecule has 1 amide bonds. The average Bonchev–Trinajstić information content (AvgIpc) is 3.10. The van der Waals surface area contributed by atoms with Gasteiger partial charge in [-0.25, -0.2) is 8.42 Å². The van der Waals surface area contributed by atoms with Crippen LogP contribution in [0.5, 0.6) is 5.75 Å². The first-order valence-corrected chi connectivity index (χ1v) is 12.6. The second-order valence-electron chi connectivity index (χ2n) is 6.64. The predicted molar refractivity (Wildman–Crippen MR) is 122 cm³/mol. The van der Waals surface area contributed by atoms with Gasteiger partial charge in [0.2, 0.25) is 0 Å². The molecule has 9 heteroatoms. The molecule has 3 aromatic rings. The van der Waals surface area contributed by atoms with E-state index >= 15 is 0 Å². The molecule has 7 nitrogen and oxygen atoms in total. The molecule has 1 heterocycles. The van der Waals surface area contributed by atoms with Gasteiger partial charge in [0.1, 0.15) is 5.75 Å². The summed E-state index contributed by atoms with van der Waals surface area (Å²) in [7, 11) is -3.41. The molecule has 0 spiro atoms. The molecule has 0 saturated heterocycles. The van der Waals surface area contributed by atoms with Crippen LogP contribution in [0.1, 0.15) is 31.1 Å². The van der Waals surface area contributed by atoms with Gasteiger partial charge in [-0.15, -0.1) is 0 Å². The second kappa shape index (κ2) is 10.2. The summed E-state index contributed by atoms with van der Waals surface area (Å²) in [4.78, 5) is 17.9. The summed E-state index contributed by atoms with van der Waals surface area (Å²) < 4.78 is 38.3. The molecule has 0 bridgehead atoms. The maximum atomic E-state index is 12.9. The average molecular weight is 463 g/mol. The van der Waals surface area contributed by atoms with E-state index in [4.69, 9.17) is 9.47 Å². The SMILES string of the molecule is CCOCCn1c(=NC(=O)c2cccc(S(=O)(=O)CC)c2)sc2cc(OCC)ccc21. The number of hydrogen-bond acceptors (Lipinski definition) is 6. The number of aromatic nitrogens is 1. The number of hydrogen-bond donors (Lipinski definition) is 0. The Balaban J connectivity index is 2.06. The van der Waals surface area contributed by atoms with Crippen LogP contribution in [0.4, 0.5) is 0 Å². The van der Waals surface area contributed by atoms with Crippen LogP contribution in [-0.2, 0) is 21.1 Å². The van der Waals surface area contributed by atoms with Gasteiger partial charge in [-0.05, 0) is 50.2 Å². The first-order valence-electron chi connectivity index (χ1n) is 10.2. The van der Waals surface area contributed by atoms with Crippen molar-refractivity contribution in [1.82, 2.24) is 4.57 Å². The van der Waals surface area contributed by atoms with E-state index in [0.29, 0.717) is 31.2 Å². The number of carbonyl (C=O) groups is 1. The highest BCUT2D eigenvalue weighted by molar-refractivity contribution is 7.91. The fourth-order valence-corrected chi connectivity index (χ4v) is 5.06. The molecular formula is C22H26N2O5S2. The maximum absolute atomic E-state index is 12.9. The van der Waals surface area contributed by atoms with Crippen LogP contribution >= 0.6 is 11.3 Å². The Morgan fingerprint density at radius 2 is 1.90 bits per heavy atom. The minimum atomic E-state index is -3.41. The summed E-state index contributed by atoms with van der Waals surface area (Å²) in [5.74, 6) is 0.232. The smallest absolute Gasteiger partial charge is 0.279 e. The first kappa shape index (κ1) is 23.2. The molecular weight excluding hydrogens is 436 g/mol. The Labute approximate surface area is 185 Å². The van der Waals surface area contributed by atoms with Crippen molar-refractivity contribution >= 4 is 37.3 Å². The third-order valence-corrected chi connectivity index (χ3v) is 7.42. The predicted octanol–water partition coefficient (Wildman–Crippen LogP) is 3.67. The highest BCUT2D eigenvalue weighted by Crippen LogP contribution is 2.24. The highest BCUT2D eigenvalue weighted by atomic mass is 32.2. The first-order chi connectivity index (χ1) is 14.9. The zero-order valence-electron chi connectivity index (χ0n) is 17.8. The summed E-state index contributed by atoms with van der Waals surface area (Å²) in [6.07, 6.45) is 0. The number of ether oxygens (including phenoxy) is 2. The van der Waals surface area contributed by atoms with Crippen molar-refractivity contribution < 1.29 is 22.7 Å². The fourth-order valence-electron chi connectivity index (χ4n) is 3.05. The maximum Gasteiger partial charge on any atom is 0.279 e. The van der Waals surface area contributed by atoms with Crippen molar-refractivity contribution in [2.45, 2.75) is 32.2 Å². The van der Waals surface area contributed by atoms with E-state index in [9.17, 15) is 13.2 Å². The van der Waals surface area contributed by atoms with Crippen LogP contribution < -0.4 is 9.54 Å². The fraction of sp³-hybridized carbons (Fsp3) is 0.364. The molecule has 0 aliphatic heterocycles. The number of sulfone groups is 1. The van der Waals surface area contributed by atoms with Crippen LogP contribution in [-0.4, -0.2) is 44.5 Å². The number of benzene rings is 2. The summed E-state index contributed by atoms with van der Waals surface area (Å²) in [6.45, 7) is 7.61. The Kier molecular flexibility index (Phi) is 7.64. The van der Waals surface area contributed by atoms with E-state index in [1.54, 1.807) is 19.1 Å². The highest BCUT2D eigenvalue weighted by Gasteiger charge is 2.15. The Morgan fingerprint density at radius 1 is 1.10 bits per heavy atom. The third-order valence-electron chi connectivity index (χ3n) is 4.65. The van der Waals surface area contributed by atoms with Gasteiger partial charge in [-0.2, -0.15) is 4.99 Å². The van der Waals surface area contributed by atoms with Gasteiger partial charge < -0.3 is 14.0 Å². The monoisotopic (exact) mass is 462 g/mol. The molecule has 0 fully saturated rings. The molecule has 0 unspecified atom stereocenters. The molecule has 0 aliphatic rings. The number of carbonyl (C=O) groups excluding carboxylic acids is 1. The number of amides is 1. The largest absolute Gasteiger partial charge is 0.494 e. The van der Waals surface area contributed by atoms with Gasteiger partial charge in [0.15, 0.2) is 14.6 Å². The van der Waals surface area contributed by atoms with Crippen LogP contribution in [0.2, 0.25) is 0 Å². The summed E-state index contributed by atoms with van der Waals surface area (Å²) in [5, 5.41) is 0. The number of thiazole rings is 1. The van der Waals surface area contributed by atoms with Gasteiger partial charge in [0.05, 0.1) is 34.1 Å². The molecule has 1 aromatic heterocycles. The minimum absolute atomic E-state index is 0.0301. The van der Waals surface area contributed by atoms with E-state index in [0.717, 1.165) is 16.0 Å². The Hall–Kier alpha value is -2.49. The third kappa shape index (κ3) is 5.41. The Bertz CT molecular complexity index is 1240.